The Labute approximate surface area is 67.8 Å². The molecule has 3 nitrogen and oxygen atoms in total. The van der Waals surface area contributed by atoms with Gasteiger partial charge >= 0.3 is 0 Å². The minimum atomic E-state index is -0.302. The third-order valence-corrected chi connectivity index (χ3v) is 1.01. The first-order valence-corrected chi connectivity index (χ1v) is 3.09. The number of hydrogen-bond donors (Lipinski definition) is 2. The zero-order chi connectivity index (χ0) is 7.44. The Hall–Kier alpha value is -0.280. The summed E-state index contributed by atoms with van der Waals surface area (Å²) in [5.74, 6) is -0.302. The maximum atomic E-state index is 10.4. The Kier molecular flexibility index (Phi) is 6.82. The molecule has 3 N–H and O–H groups in total. The molecule has 0 aliphatic rings. The highest BCUT2D eigenvalue weighted by atomic mass is 35.5. The van der Waals surface area contributed by atoms with Crippen molar-refractivity contribution in [1.82, 2.24) is 5.32 Å². The topological polar surface area (TPSA) is 55.1 Å². The van der Waals surface area contributed by atoms with Crippen LogP contribution >= 0.6 is 12.4 Å². The first-order valence-electron chi connectivity index (χ1n) is 3.09. The van der Waals surface area contributed by atoms with Crippen molar-refractivity contribution in [2.75, 3.05) is 0 Å². The van der Waals surface area contributed by atoms with Gasteiger partial charge in [0.15, 0.2) is 0 Å². The molecule has 0 aliphatic heterocycles. The normalized spacial score (nSPS) is 12.4. The van der Waals surface area contributed by atoms with Crippen molar-refractivity contribution in [2.24, 2.45) is 5.73 Å². The molecule has 1 atom stereocenters. The minimum absolute atomic E-state index is 0. The maximum Gasteiger partial charge on any atom is 0.234 e. The number of hydrogen-bond acceptors (Lipinski definition) is 2. The number of halogens is 1. The molecule has 62 valence electrons. The third-order valence-electron chi connectivity index (χ3n) is 1.01. The number of primary amides is 1. The first kappa shape index (κ1) is 12.4. The molecule has 0 saturated heterocycles. The molecule has 1 amide bonds. The minimum Gasteiger partial charge on any atom is -0.368 e. The molecule has 0 fully saturated rings. The average Bonchev–Trinajstić information content (AvgIpc) is 1.63. The summed E-state index contributed by atoms with van der Waals surface area (Å²) in [6.07, 6.45) is 0. The van der Waals surface area contributed by atoms with Gasteiger partial charge in [0.1, 0.15) is 0 Å². The Morgan fingerprint density at radius 1 is 1.40 bits per heavy atom. The molecule has 10 heavy (non-hydrogen) atoms. The Balaban J connectivity index is 0. The fourth-order valence-electron chi connectivity index (χ4n) is 0.582. The molecule has 0 radical (unpaired) electrons. The van der Waals surface area contributed by atoms with Crippen molar-refractivity contribution in [3.63, 3.8) is 0 Å². The van der Waals surface area contributed by atoms with E-state index < -0.39 is 0 Å². The smallest absolute Gasteiger partial charge is 0.234 e. The largest absolute Gasteiger partial charge is 0.368 e. The molecule has 4 heteroatoms. The number of nitrogens with two attached hydrogens (primary N) is 1. The summed E-state index contributed by atoms with van der Waals surface area (Å²) in [7, 11) is 0. The van der Waals surface area contributed by atoms with Crippen LogP contribution in [0.4, 0.5) is 0 Å². The van der Waals surface area contributed by atoms with Gasteiger partial charge in [-0.05, 0) is 6.92 Å². The van der Waals surface area contributed by atoms with E-state index in [-0.39, 0.29) is 24.4 Å². The fraction of sp³-hybridized carbons (Fsp3) is 0.833. The quantitative estimate of drug-likeness (QED) is 0.633. The summed E-state index contributed by atoms with van der Waals surface area (Å²) in [6.45, 7) is 5.70. The molecule has 0 unspecified atom stereocenters. The predicted molar refractivity (Wildman–Crippen MR) is 44.2 cm³/mol. The lowest BCUT2D eigenvalue weighted by atomic mass is 10.3. The summed E-state index contributed by atoms with van der Waals surface area (Å²) in [6, 6.07) is 0.0949. The number of amides is 1. The molecule has 0 aromatic heterocycles. The zero-order valence-electron chi connectivity index (χ0n) is 6.55. The lowest BCUT2D eigenvalue weighted by Gasteiger charge is -2.12. The van der Waals surface area contributed by atoms with E-state index >= 15 is 0 Å². The van der Waals surface area contributed by atoms with Gasteiger partial charge in [-0.3, -0.25) is 4.79 Å². The van der Waals surface area contributed by atoms with Crippen LogP contribution < -0.4 is 11.1 Å². The van der Waals surface area contributed by atoms with Crippen molar-refractivity contribution in [1.29, 1.82) is 0 Å². The highest BCUT2D eigenvalue weighted by Gasteiger charge is 2.07. The van der Waals surface area contributed by atoms with Gasteiger partial charge in [0, 0.05) is 6.04 Å². The SMILES string of the molecule is CC(C)N[C@@H](C)C(N)=O.Cl. The van der Waals surface area contributed by atoms with Crippen molar-refractivity contribution in [3.8, 4) is 0 Å². The number of rotatable bonds is 3. The summed E-state index contributed by atoms with van der Waals surface area (Å²) >= 11 is 0. The Bertz CT molecular complexity index is 106. The van der Waals surface area contributed by atoms with Crippen LogP contribution in [0.2, 0.25) is 0 Å². The Morgan fingerprint density at radius 3 is 1.90 bits per heavy atom. The van der Waals surface area contributed by atoms with Gasteiger partial charge in [-0.1, -0.05) is 13.8 Å². The van der Waals surface area contributed by atoms with Crippen LogP contribution in [-0.2, 0) is 4.79 Å². The Morgan fingerprint density at radius 2 is 1.80 bits per heavy atom. The monoisotopic (exact) mass is 166 g/mol. The second kappa shape index (κ2) is 5.50. The second-order valence-corrected chi connectivity index (χ2v) is 2.45. The highest BCUT2D eigenvalue weighted by molar-refractivity contribution is 5.85. The van der Waals surface area contributed by atoms with Crippen LogP contribution in [0.5, 0.6) is 0 Å². The van der Waals surface area contributed by atoms with E-state index in [9.17, 15) is 4.79 Å². The van der Waals surface area contributed by atoms with Crippen LogP contribution in [0.1, 0.15) is 20.8 Å². The number of carbonyl (C=O) groups is 1. The van der Waals surface area contributed by atoms with E-state index in [4.69, 9.17) is 5.73 Å². The maximum absolute atomic E-state index is 10.4. The molecule has 0 aliphatic carbocycles. The molecule has 0 aromatic rings. The highest BCUT2D eigenvalue weighted by Crippen LogP contribution is 1.82. The van der Waals surface area contributed by atoms with Crippen LogP contribution in [0.15, 0.2) is 0 Å². The predicted octanol–water partition coefficient (Wildman–Crippen LogP) is 0.280. The molecule has 0 spiro atoms. The van der Waals surface area contributed by atoms with E-state index in [1.807, 2.05) is 13.8 Å². The van der Waals surface area contributed by atoms with E-state index in [1.165, 1.54) is 0 Å². The van der Waals surface area contributed by atoms with Gasteiger partial charge in [-0.15, -0.1) is 12.4 Å². The standard InChI is InChI=1S/C6H14N2O.ClH/c1-4(2)8-5(3)6(7)9;/h4-5,8H,1-3H3,(H2,7,9);1H/t5-;/m0./s1. The van der Waals surface area contributed by atoms with Crippen molar-refractivity contribution >= 4 is 18.3 Å². The van der Waals surface area contributed by atoms with Crippen molar-refractivity contribution in [2.45, 2.75) is 32.9 Å². The van der Waals surface area contributed by atoms with Crippen molar-refractivity contribution in [3.05, 3.63) is 0 Å². The average molecular weight is 167 g/mol. The molecule has 0 heterocycles. The lowest BCUT2D eigenvalue weighted by molar-refractivity contribution is -0.119. The first-order chi connectivity index (χ1) is 4.04. The van der Waals surface area contributed by atoms with E-state index in [0.29, 0.717) is 6.04 Å². The second-order valence-electron chi connectivity index (χ2n) is 2.45. The van der Waals surface area contributed by atoms with E-state index in [1.54, 1.807) is 6.92 Å². The lowest BCUT2D eigenvalue weighted by Crippen LogP contribution is -2.42. The molecular formula is C6H15ClN2O. The molecule has 0 rings (SSSR count). The van der Waals surface area contributed by atoms with Gasteiger partial charge < -0.3 is 11.1 Å². The molecule has 0 saturated carbocycles. The van der Waals surface area contributed by atoms with E-state index in [0.717, 1.165) is 0 Å². The van der Waals surface area contributed by atoms with Crippen molar-refractivity contribution < 1.29 is 4.79 Å². The summed E-state index contributed by atoms with van der Waals surface area (Å²) in [5.41, 5.74) is 4.98. The summed E-state index contributed by atoms with van der Waals surface area (Å²) < 4.78 is 0. The molecule has 0 aromatic carbocycles. The summed E-state index contributed by atoms with van der Waals surface area (Å²) in [4.78, 5) is 10.4. The number of nitrogens with one attached hydrogen (secondary N) is 1. The van der Waals surface area contributed by atoms with Gasteiger partial charge in [-0.25, -0.2) is 0 Å². The van der Waals surface area contributed by atoms with Crippen LogP contribution in [0, 0.1) is 0 Å². The van der Waals surface area contributed by atoms with Gasteiger partial charge in [-0.2, -0.15) is 0 Å². The van der Waals surface area contributed by atoms with Crippen LogP contribution in [0.25, 0.3) is 0 Å². The number of carbonyl (C=O) groups excluding carboxylic acids is 1. The van der Waals surface area contributed by atoms with Gasteiger partial charge in [0.25, 0.3) is 0 Å². The van der Waals surface area contributed by atoms with Crippen LogP contribution in [0.3, 0.4) is 0 Å². The zero-order valence-corrected chi connectivity index (χ0v) is 7.37. The van der Waals surface area contributed by atoms with Gasteiger partial charge in [0.05, 0.1) is 6.04 Å². The fourth-order valence-corrected chi connectivity index (χ4v) is 0.582. The summed E-state index contributed by atoms with van der Waals surface area (Å²) in [5, 5.41) is 2.97. The van der Waals surface area contributed by atoms with E-state index in [2.05, 4.69) is 5.32 Å². The third kappa shape index (κ3) is 5.85. The van der Waals surface area contributed by atoms with Crippen LogP contribution in [-0.4, -0.2) is 18.0 Å². The molecular weight excluding hydrogens is 152 g/mol. The molecule has 0 bridgehead atoms. The van der Waals surface area contributed by atoms with Gasteiger partial charge in [0.2, 0.25) is 5.91 Å².